The zero-order valence-electron chi connectivity index (χ0n) is 11.0. The highest BCUT2D eigenvalue weighted by Crippen LogP contribution is 2.24. The summed E-state index contributed by atoms with van der Waals surface area (Å²) in [4.78, 5) is 14.4. The van der Waals surface area contributed by atoms with Gasteiger partial charge in [0.25, 0.3) is 0 Å². The Morgan fingerprint density at radius 3 is 2.65 bits per heavy atom. The number of nitro groups is 1. The number of nitrogens with one attached hydrogen (secondary N) is 1. The van der Waals surface area contributed by atoms with Crippen LogP contribution in [0.25, 0.3) is 0 Å². The number of rotatable bonds is 5. The molecule has 0 amide bonds. The Balaban J connectivity index is 2.16. The minimum absolute atomic E-state index is 0.0689. The number of hydrogen-bond acceptors (Lipinski definition) is 5. The van der Waals surface area contributed by atoms with Crippen molar-refractivity contribution in [3.63, 3.8) is 0 Å². The molecule has 1 aromatic carbocycles. The van der Waals surface area contributed by atoms with Gasteiger partial charge in [0.15, 0.2) is 0 Å². The van der Waals surface area contributed by atoms with E-state index in [1.54, 1.807) is 19.1 Å². The van der Waals surface area contributed by atoms with E-state index in [0.717, 1.165) is 5.56 Å². The number of aliphatic hydroxyl groups is 1. The lowest BCUT2D eigenvalue weighted by atomic mass is 10.1. The number of nitrogens with zero attached hydrogens (tertiary/aromatic N) is 2. The molecule has 1 atom stereocenters. The molecule has 2 rings (SSSR count). The van der Waals surface area contributed by atoms with Crippen molar-refractivity contribution in [3.05, 3.63) is 58.3 Å². The Morgan fingerprint density at radius 1 is 1.35 bits per heavy atom. The zero-order chi connectivity index (χ0) is 14.5. The van der Waals surface area contributed by atoms with Gasteiger partial charge in [0.2, 0.25) is 5.82 Å². The second kappa shape index (κ2) is 6.12. The Bertz CT molecular complexity index is 597. The molecule has 1 heterocycles. The molecular weight excluding hydrogens is 258 g/mol. The molecule has 0 aliphatic rings. The van der Waals surface area contributed by atoms with Gasteiger partial charge in [0, 0.05) is 18.0 Å². The van der Waals surface area contributed by atoms with Crippen LogP contribution in [0.1, 0.15) is 12.5 Å². The van der Waals surface area contributed by atoms with Gasteiger partial charge >= 0.3 is 5.69 Å². The van der Waals surface area contributed by atoms with E-state index in [1.165, 1.54) is 18.3 Å². The topological polar surface area (TPSA) is 88.3 Å². The molecule has 20 heavy (non-hydrogen) atoms. The van der Waals surface area contributed by atoms with Gasteiger partial charge in [-0.15, -0.1) is 0 Å². The van der Waals surface area contributed by atoms with Gasteiger partial charge in [0.1, 0.15) is 0 Å². The van der Waals surface area contributed by atoms with E-state index in [2.05, 4.69) is 10.3 Å². The third kappa shape index (κ3) is 3.52. The normalized spacial score (nSPS) is 11.9. The molecule has 0 saturated heterocycles. The summed E-state index contributed by atoms with van der Waals surface area (Å²) in [6.07, 6.45) is 1.67. The third-order valence-electron chi connectivity index (χ3n) is 2.73. The zero-order valence-corrected chi connectivity index (χ0v) is 11.0. The summed E-state index contributed by atoms with van der Waals surface area (Å²) in [5.74, 6) is 0.209. The van der Waals surface area contributed by atoms with Crippen LogP contribution >= 0.6 is 0 Å². The molecule has 0 fully saturated rings. The molecule has 1 unspecified atom stereocenters. The van der Waals surface area contributed by atoms with E-state index in [0.29, 0.717) is 12.1 Å². The van der Waals surface area contributed by atoms with Crippen LogP contribution in [0, 0.1) is 10.1 Å². The summed E-state index contributed by atoms with van der Waals surface area (Å²) >= 11 is 0. The SMILES string of the molecule is CC(O)Cc1ccc(Nc2ncccc2[N+](=O)[O-])cc1. The van der Waals surface area contributed by atoms with Crippen LogP contribution in [0.3, 0.4) is 0 Å². The molecule has 2 aromatic rings. The summed E-state index contributed by atoms with van der Waals surface area (Å²) in [6, 6.07) is 10.3. The molecule has 1 aromatic heterocycles. The van der Waals surface area contributed by atoms with Gasteiger partial charge < -0.3 is 10.4 Å². The Kier molecular flexibility index (Phi) is 4.27. The van der Waals surface area contributed by atoms with Crippen molar-refractivity contribution in [1.82, 2.24) is 4.98 Å². The first-order chi connectivity index (χ1) is 9.56. The standard InChI is InChI=1S/C14H15N3O3/c1-10(18)9-11-4-6-12(7-5-11)16-14-13(17(19)20)3-2-8-15-14/h2-8,10,18H,9H2,1H3,(H,15,16). The molecule has 0 aliphatic heterocycles. The Labute approximate surface area is 116 Å². The number of aromatic nitrogens is 1. The van der Waals surface area contributed by atoms with E-state index >= 15 is 0 Å². The van der Waals surface area contributed by atoms with Gasteiger partial charge in [-0.2, -0.15) is 0 Å². The maximum atomic E-state index is 10.9. The van der Waals surface area contributed by atoms with Crippen molar-refractivity contribution in [2.24, 2.45) is 0 Å². The molecule has 0 spiro atoms. The molecule has 104 valence electrons. The van der Waals surface area contributed by atoms with Crippen LogP contribution in [0.4, 0.5) is 17.2 Å². The monoisotopic (exact) mass is 273 g/mol. The largest absolute Gasteiger partial charge is 0.393 e. The molecule has 6 heteroatoms. The van der Waals surface area contributed by atoms with E-state index in [9.17, 15) is 15.2 Å². The molecule has 0 radical (unpaired) electrons. The molecule has 0 saturated carbocycles. The smallest absolute Gasteiger partial charge is 0.311 e. The second-order valence-corrected chi connectivity index (χ2v) is 4.50. The fourth-order valence-corrected chi connectivity index (χ4v) is 1.84. The first-order valence-electron chi connectivity index (χ1n) is 6.19. The van der Waals surface area contributed by atoms with Gasteiger partial charge in [-0.05, 0) is 37.1 Å². The summed E-state index contributed by atoms with van der Waals surface area (Å²) in [5, 5.41) is 23.1. The van der Waals surface area contributed by atoms with Gasteiger partial charge in [-0.3, -0.25) is 10.1 Å². The van der Waals surface area contributed by atoms with Crippen LogP contribution in [0.2, 0.25) is 0 Å². The number of aliphatic hydroxyl groups excluding tert-OH is 1. The highest BCUT2D eigenvalue weighted by Gasteiger charge is 2.13. The number of anilines is 2. The number of pyridine rings is 1. The van der Waals surface area contributed by atoms with Gasteiger partial charge in [0.05, 0.1) is 11.0 Å². The van der Waals surface area contributed by atoms with Crippen molar-refractivity contribution >= 4 is 17.2 Å². The molecule has 6 nitrogen and oxygen atoms in total. The van der Waals surface area contributed by atoms with Crippen molar-refractivity contribution in [3.8, 4) is 0 Å². The number of hydrogen-bond donors (Lipinski definition) is 2. The summed E-state index contributed by atoms with van der Waals surface area (Å²) in [7, 11) is 0. The summed E-state index contributed by atoms with van der Waals surface area (Å²) in [6.45, 7) is 1.73. The van der Waals surface area contributed by atoms with Crippen LogP contribution in [0.15, 0.2) is 42.6 Å². The van der Waals surface area contributed by atoms with Crippen molar-refractivity contribution < 1.29 is 10.0 Å². The van der Waals surface area contributed by atoms with Gasteiger partial charge in [-0.25, -0.2) is 4.98 Å². The maximum Gasteiger partial charge on any atom is 0.311 e. The highest BCUT2D eigenvalue weighted by molar-refractivity contribution is 5.65. The second-order valence-electron chi connectivity index (χ2n) is 4.50. The molecule has 2 N–H and O–H groups in total. The van der Waals surface area contributed by atoms with Gasteiger partial charge in [-0.1, -0.05) is 12.1 Å². The fraction of sp³-hybridized carbons (Fsp3) is 0.214. The first kappa shape index (κ1) is 14.0. The minimum atomic E-state index is -0.475. The van der Waals surface area contributed by atoms with E-state index in [1.807, 2.05) is 12.1 Å². The quantitative estimate of drug-likeness (QED) is 0.645. The molecule has 0 aliphatic carbocycles. The van der Waals surface area contributed by atoms with Crippen LogP contribution in [-0.4, -0.2) is 21.1 Å². The van der Waals surface area contributed by atoms with Crippen molar-refractivity contribution in [2.45, 2.75) is 19.4 Å². The highest BCUT2D eigenvalue weighted by atomic mass is 16.6. The van der Waals surface area contributed by atoms with Crippen molar-refractivity contribution in [2.75, 3.05) is 5.32 Å². The summed E-state index contributed by atoms with van der Waals surface area (Å²) in [5.41, 5.74) is 1.64. The predicted molar refractivity (Wildman–Crippen MR) is 76.0 cm³/mol. The van der Waals surface area contributed by atoms with E-state index < -0.39 is 11.0 Å². The van der Waals surface area contributed by atoms with Crippen LogP contribution in [0.5, 0.6) is 0 Å². The average molecular weight is 273 g/mol. The van der Waals surface area contributed by atoms with Crippen LogP contribution in [-0.2, 0) is 6.42 Å². The lowest BCUT2D eigenvalue weighted by molar-refractivity contribution is -0.384. The molecule has 0 bridgehead atoms. The van der Waals surface area contributed by atoms with E-state index in [4.69, 9.17) is 0 Å². The lowest BCUT2D eigenvalue weighted by Gasteiger charge is -2.08. The number of benzene rings is 1. The lowest BCUT2D eigenvalue weighted by Crippen LogP contribution is -2.04. The Morgan fingerprint density at radius 2 is 2.05 bits per heavy atom. The van der Waals surface area contributed by atoms with Crippen LogP contribution < -0.4 is 5.32 Å². The summed E-state index contributed by atoms with van der Waals surface area (Å²) < 4.78 is 0. The van der Waals surface area contributed by atoms with E-state index in [-0.39, 0.29) is 11.5 Å². The predicted octanol–water partition coefficient (Wildman–Crippen LogP) is 2.66. The Hall–Kier alpha value is -2.47. The third-order valence-corrected chi connectivity index (χ3v) is 2.73. The van der Waals surface area contributed by atoms with Crippen molar-refractivity contribution in [1.29, 1.82) is 0 Å². The molecular formula is C14H15N3O3. The average Bonchev–Trinajstić information content (AvgIpc) is 2.41. The fourth-order valence-electron chi connectivity index (χ4n) is 1.84. The maximum absolute atomic E-state index is 10.9. The first-order valence-corrected chi connectivity index (χ1v) is 6.19. The minimum Gasteiger partial charge on any atom is -0.393 e.